The highest BCUT2D eigenvalue weighted by Gasteiger charge is 2.20. The topological polar surface area (TPSA) is 90.4 Å². The van der Waals surface area contributed by atoms with E-state index in [0.29, 0.717) is 21.8 Å². The fourth-order valence-corrected chi connectivity index (χ4v) is 5.18. The van der Waals surface area contributed by atoms with Gasteiger partial charge in [-0.3, -0.25) is 14.2 Å². The van der Waals surface area contributed by atoms with Crippen molar-refractivity contribution in [1.82, 2.24) is 24.1 Å². The zero-order valence-corrected chi connectivity index (χ0v) is 18.9. The number of fused-ring (bicyclic) bond motifs is 3. The van der Waals surface area contributed by atoms with Gasteiger partial charge in [-0.05, 0) is 34.5 Å². The zero-order valence-electron chi connectivity index (χ0n) is 16.5. The number of hydrogen-bond acceptors (Lipinski definition) is 6. The summed E-state index contributed by atoms with van der Waals surface area (Å²) in [5.74, 6) is -0.178. The Hall–Kier alpha value is -3.21. The fourth-order valence-electron chi connectivity index (χ4n) is 3.47. The van der Waals surface area contributed by atoms with Crippen LogP contribution >= 0.6 is 34.3 Å². The molecule has 4 heterocycles. The average molecular weight is 486 g/mol. The zero-order chi connectivity index (χ0) is 22.2. The molecular weight excluding hydrogens is 470 g/mol. The van der Waals surface area contributed by atoms with Gasteiger partial charge in [-0.2, -0.15) is 0 Å². The lowest BCUT2D eigenvalue weighted by molar-refractivity contribution is -0.122. The molecule has 32 heavy (non-hydrogen) atoms. The smallest absolute Gasteiger partial charge is 0.350 e. The molecule has 0 atom stereocenters. The number of halogens is 1. The molecule has 0 aliphatic carbocycles. The number of nitrogens with one attached hydrogen (secondary N) is 1. The molecule has 1 N–H and O–H groups in total. The van der Waals surface area contributed by atoms with Crippen LogP contribution in [0, 0.1) is 0 Å². The highest BCUT2D eigenvalue weighted by molar-refractivity contribution is 7.17. The summed E-state index contributed by atoms with van der Waals surface area (Å²) >= 11 is 8.92. The van der Waals surface area contributed by atoms with E-state index in [0.717, 1.165) is 15.1 Å². The van der Waals surface area contributed by atoms with Crippen LogP contribution in [0.5, 0.6) is 0 Å². The van der Waals surface area contributed by atoms with E-state index >= 15 is 0 Å². The van der Waals surface area contributed by atoms with E-state index in [2.05, 4.69) is 10.4 Å². The molecule has 5 rings (SSSR count). The molecule has 0 fully saturated rings. The summed E-state index contributed by atoms with van der Waals surface area (Å²) < 4.78 is 4.42. The van der Waals surface area contributed by atoms with Crippen molar-refractivity contribution >= 4 is 56.2 Å². The summed E-state index contributed by atoms with van der Waals surface area (Å²) in [5.41, 5.74) is 0.576. The molecule has 1 aromatic carbocycles. The number of aromatic nitrogens is 4. The van der Waals surface area contributed by atoms with Crippen LogP contribution in [-0.4, -0.2) is 24.7 Å². The van der Waals surface area contributed by atoms with Crippen LogP contribution < -0.4 is 16.6 Å². The monoisotopic (exact) mass is 485 g/mol. The van der Waals surface area contributed by atoms with E-state index in [1.54, 1.807) is 17.5 Å². The van der Waals surface area contributed by atoms with Crippen molar-refractivity contribution in [3.63, 3.8) is 0 Å². The molecule has 0 saturated carbocycles. The average Bonchev–Trinajstić information content (AvgIpc) is 3.52. The van der Waals surface area contributed by atoms with Crippen molar-refractivity contribution in [3.05, 3.63) is 89.5 Å². The highest BCUT2D eigenvalue weighted by Crippen LogP contribution is 2.19. The standard InChI is InChI=1S/C21H16ClN5O3S2/c22-15-6-2-1-4-13(15)10-23-17(28)12-26-21(30)27-16-7-9-32-18(16)19(29)25(20(27)24-26)11-14-5-3-8-31-14/h1-9H,10-12H2,(H,23,28). The van der Waals surface area contributed by atoms with Gasteiger partial charge in [0.15, 0.2) is 0 Å². The Morgan fingerprint density at radius 3 is 2.69 bits per heavy atom. The molecule has 0 spiro atoms. The Morgan fingerprint density at radius 1 is 1.06 bits per heavy atom. The van der Waals surface area contributed by atoms with Gasteiger partial charge < -0.3 is 5.32 Å². The molecule has 0 unspecified atom stereocenters. The Labute approximate surface area is 193 Å². The first-order valence-electron chi connectivity index (χ1n) is 9.65. The van der Waals surface area contributed by atoms with Crippen LogP contribution in [-0.2, 0) is 24.4 Å². The summed E-state index contributed by atoms with van der Waals surface area (Å²) in [7, 11) is 0. The molecule has 5 aromatic rings. The number of amides is 1. The number of carbonyl (C=O) groups is 1. The minimum Gasteiger partial charge on any atom is -0.350 e. The van der Waals surface area contributed by atoms with E-state index in [1.807, 2.05) is 35.7 Å². The molecule has 1 amide bonds. The Balaban J connectivity index is 1.51. The lowest BCUT2D eigenvalue weighted by Crippen LogP contribution is -2.32. The number of benzene rings is 1. The molecule has 0 bridgehead atoms. The van der Waals surface area contributed by atoms with Gasteiger partial charge in [0.05, 0.1) is 12.1 Å². The summed E-state index contributed by atoms with van der Waals surface area (Å²) in [6, 6.07) is 12.7. The van der Waals surface area contributed by atoms with Crippen molar-refractivity contribution < 1.29 is 4.79 Å². The minimum atomic E-state index is -0.476. The quantitative estimate of drug-likeness (QED) is 0.400. The summed E-state index contributed by atoms with van der Waals surface area (Å²) in [5, 5.41) is 11.3. The summed E-state index contributed by atoms with van der Waals surface area (Å²) in [6.07, 6.45) is 0. The van der Waals surface area contributed by atoms with Crippen molar-refractivity contribution in [2.75, 3.05) is 0 Å². The van der Waals surface area contributed by atoms with E-state index in [4.69, 9.17) is 11.6 Å². The first-order chi connectivity index (χ1) is 15.5. The normalized spacial score (nSPS) is 11.4. The van der Waals surface area contributed by atoms with Crippen molar-refractivity contribution in [1.29, 1.82) is 0 Å². The van der Waals surface area contributed by atoms with Gasteiger partial charge in [-0.15, -0.1) is 27.8 Å². The second-order valence-electron chi connectivity index (χ2n) is 7.05. The van der Waals surface area contributed by atoms with Crippen LogP contribution in [0.4, 0.5) is 0 Å². The van der Waals surface area contributed by atoms with Gasteiger partial charge >= 0.3 is 5.69 Å². The molecule has 0 aliphatic heterocycles. The molecule has 11 heteroatoms. The first-order valence-corrected chi connectivity index (χ1v) is 11.8. The van der Waals surface area contributed by atoms with Crippen molar-refractivity contribution in [2.24, 2.45) is 0 Å². The molecule has 162 valence electrons. The number of rotatable bonds is 6. The third-order valence-corrected chi connectivity index (χ3v) is 7.13. The largest absolute Gasteiger partial charge is 0.352 e. The van der Waals surface area contributed by atoms with E-state index in [-0.39, 0.29) is 30.3 Å². The lowest BCUT2D eigenvalue weighted by Gasteiger charge is -2.06. The molecule has 0 saturated heterocycles. The minimum absolute atomic E-state index is 0.207. The van der Waals surface area contributed by atoms with Crippen LogP contribution in [0.15, 0.2) is 62.8 Å². The third kappa shape index (κ3) is 3.66. The van der Waals surface area contributed by atoms with Gasteiger partial charge in [0.25, 0.3) is 5.56 Å². The predicted molar refractivity (Wildman–Crippen MR) is 126 cm³/mol. The summed E-state index contributed by atoms with van der Waals surface area (Å²) in [4.78, 5) is 39.7. The van der Waals surface area contributed by atoms with Gasteiger partial charge in [0.2, 0.25) is 11.7 Å². The van der Waals surface area contributed by atoms with Crippen molar-refractivity contribution in [3.8, 4) is 0 Å². The van der Waals surface area contributed by atoms with Gasteiger partial charge in [0.1, 0.15) is 11.2 Å². The lowest BCUT2D eigenvalue weighted by atomic mass is 10.2. The Bertz CT molecular complexity index is 1560. The number of nitrogens with zero attached hydrogens (tertiary/aromatic N) is 4. The number of hydrogen-bond donors (Lipinski definition) is 1. The predicted octanol–water partition coefficient (Wildman–Crippen LogP) is 2.95. The molecule has 0 radical (unpaired) electrons. The summed E-state index contributed by atoms with van der Waals surface area (Å²) in [6.45, 7) is 0.255. The first kappa shape index (κ1) is 20.7. The van der Waals surface area contributed by atoms with Gasteiger partial charge in [0, 0.05) is 16.4 Å². The molecule has 8 nitrogen and oxygen atoms in total. The SMILES string of the molecule is O=C(Cn1nc2n(Cc3cccs3)c(=O)c3sccc3n2c1=O)NCc1ccccc1Cl. The maximum Gasteiger partial charge on any atom is 0.352 e. The van der Waals surface area contributed by atoms with Gasteiger partial charge in [-0.25, -0.2) is 13.9 Å². The van der Waals surface area contributed by atoms with Crippen LogP contribution in [0.3, 0.4) is 0 Å². The van der Waals surface area contributed by atoms with Crippen LogP contribution in [0.2, 0.25) is 5.02 Å². The van der Waals surface area contributed by atoms with E-state index in [1.165, 1.54) is 31.6 Å². The number of carbonyl (C=O) groups excluding carboxylic acids is 1. The van der Waals surface area contributed by atoms with E-state index in [9.17, 15) is 14.4 Å². The second kappa shape index (κ2) is 8.38. The molecular formula is C21H16ClN5O3S2. The van der Waals surface area contributed by atoms with Crippen LogP contribution in [0.25, 0.3) is 16.0 Å². The molecule has 4 aromatic heterocycles. The Kier molecular flexibility index (Phi) is 5.41. The van der Waals surface area contributed by atoms with Crippen molar-refractivity contribution in [2.45, 2.75) is 19.6 Å². The van der Waals surface area contributed by atoms with E-state index < -0.39 is 5.69 Å². The highest BCUT2D eigenvalue weighted by atomic mass is 35.5. The Morgan fingerprint density at radius 2 is 1.91 bits per heavy atom. The maximum absolute atomic E-state index is 13.1. The molecule has 0 aliphatic rings. The second-order valence-corrected chi connectivity index (χ2v) is 9.40. The number of thiophene rings is 2. The van der Waals surface area contributed by atoms with Gasteiger partial charge in [-0.1, -0.05) is 35.9 Å². The fraction of sp³-hybridized carbons (Fsp3) is 0.143. The third-order valence-electron chi connectivity index (χ3n) is 5.01. The van der Waals surface area contributed by atoms with Crippen LogP contribution in [0.1, 0.15) is 10.4 Å². The maximum atomic E-state index is 13.1.